The third kappa shape index (κ3) is 2.73. The van der Waals surface area contributed by atoms with E-state index >= 15 is 0 Å². The quantitative estimate of drug-likeness (QED) is 0.729. The molecule has 1 fully saturated rings. The molecule has 1 aliphatic rings. The van der Waals surface area contributed by atoms with Gasteiger partial charge < -0.3 is 16.0 Å². The monoisotopic (exact) mass is 249 g/mol. The number of nitrogens with zero attached hydrogens (tertiary/aromatic N) is 3. The molecular formula is C11H15N5O2. The Hall–Kier alpha value is -2.18. The van der Waals surface area contributed by atoms with Crippen LogP contribution in [-0.4, -0.2) is 46.3 Å². The molecule has 0 spiro atoms. The zero-order valence-corrected chi connectivity index (χ0v) is 10.1. The number of hydrogen-bond donors (Lipinski definition) is 2. The van der Waals surface area contributed by atoms with Crippen LogP contribution < -0.4 is 11.1 Å². The molecule has 7 nitrogen and oxygen atoms in total. The van der Waals surface area contributed by atoms with Gasteiger partial charge in [0.2, 0.25) is 5.91 Å². The van der Waals surface area contributed by atoms with Crippen LogP contribution in [0.1, 0.15) is 23.3 Å². The lowest BCUT2D eigenvalue weighted by molar-refractivity contribution is -0.132. The second-order valence-electron chi connectivity index (χ2n) is 4.31. The molecule has 0 aliphatic carbocycles. The maximum absolute atomic E-state index is 11.9. The maximum atomic E-state index is 11.9. The van der Waals surface area contributed by atoms with Crippen LogP contribution in [0.2, 0.25) is 0 Å². The van der Waals surface area contributed by atoms with Gasteiger partial charge in [-0.1, -0.05) is 0 Å². The Kier molecular flexibility index (Phi) is 3.40. The average Bonchev–Trinajstić information content (AvgIpc) is 2.34. The number of carbonyl (C=O) groups is 2. The van der Waals surface area contributed by atoms with Gasteiger partial charge in [-0.25, -0.2) is 9.97 Å². The first-order valence-electron chi connectivity index (χ1n) is 5.68. The van der Waals surface area contributed by atoms with Gasteiger partial charge in [0.05, 0.1) is 12.4 Å². The number of likely N-dealkylation sites (tertiary alicyclic amines) is 1. The molecule has 2 heterocycles. The number of nitrogens with two attached hydrogens (primary N) is 1. The predicted molar refractivity (Wildman–Crippen MR) is 64.6 cm³/mol. The molecule has 0 radical (unpaired) electrons. The van der Waals surface area contributed by atoms with Crippen molar-refractivity contribution in [2.45, 2.75) is 18.9 Å². The van der Waals surface area contributed by atoms with Crippen molar-refractivity contribution in [3.8, 4) is 0 Å². The summed E-state index contributed by atoms with van der Waals surface area (Å²) < 4.78 is 0. The van der Waals surface area contributed by atoms with Crippen molar-refractivity contribution < 1.29 is 9.59 Å². The molecule has 2 amide bonds. The molecule has 1 aromatic heterocycles. The average molecular weight is 249 g/mol. The molecule has 2 rings (SSSR count). The Bertz CT molecular complexity index is 459. The standard InChI is InChI=1S/C11H15N5O2/c1-16-6-7(2-3-10(16)17)15-11(18)8-4-14-9(12)5-13-8/h4-5,7H,2-3,6H2,1H3,(H2,12,14)(H,15,18). The maximum Gasteiger partial charge on any atom is 0.271 e. The van der Waals surface area contributed by atoms with E-state index in [0.717, 1.165) is 0 Å². The van der Waals surface area contributed by atoms with Crippen molar-refractivity contribution in [3.63, 3.8) is 0 Å². The summed E-state index contributed by atoms with van der Waals surface area (Å²) in [7, 11) is 1.73. The highest BCUT2D eigenvalue weighted by Crippen LogP contribution is 2.10. The van der Waals surface area contributed by atoms with Crippen LogP contribution >= 0.6 is 0 Å². The van der Waals surface area contributed by atoms with E-state index in [2.05, 4.69) is 15.3 Å². The lowest BCUT2D eigenvalue weighted by Crippen LogP contribution is -2.48. The summed E-state index contributed by atoms with van der Waals surface area (Å²) in [5.41, 5.74) is 5.62. The zero-order valence-electron chi connectivity index (χ0n) is 10.1. The number of amides is 2. The van der Waals surface area contributed by atoms with Crippen molar-refractivity contribution in [3.05, 3.63) is 18.1 Å². The lowest BCUT2D eigenvalue weighted by atomic mass is 10.1. The molecule has 1 unspecified atom stereocenters. The Balaban J connectivity index is 1.95. The third-order valence-electron chi connectivity index (χ3n) is 2.87. The summed E-state index contributed by atoms with van der Waals surface area (Å²) >= 11 is 0. The first-order valence-corrected chi connectivity index (χ1v) is 5.68. The van der Waals surface area contributed by atoms with Crippen molar-refractivity contribution in [1.82, 2.24) is 20.2 Å². The number of nitrogens with one attached hydrogen (secondary N) is 1. The van der Waals surface area contributed by atoms with Gasteiger partial charge in [-0.05, 0) is 6.42 Å². The van der Waals surface area contributed by atoms with Crippen molar-refractivity contribution in [2.24, 2.45) is 0 Å². The summed E-state index contributed by atoms with van der Waals surface area (Å²) in [5, 5.41) is 2.83. The molecule has 1 aliphatic heterocycles. The molecule has 0 bridgehead atoms. The SMILES string of the molecule is CN1CC(NC(=O)c2cnc(N)cn2)CCC1=O. The van der Waals surface area contributed by atoms with E-state index in [1.54, 1.807) is 11.9 Å². The van der Waals surface area contributed by atoms with Gasteiger partial charge in [-0.3, -0.25) is 9.59 Å². The molecule has 7 heteroatoms. The zero-order chi connectivity index (χ0) is 13.1. The predicted octanol–water partition coefficient (Wildman–Crippen LogP) is -0.591. The number of hydrogen-bond acceptors (Lipinski definition) is 5. The highest BCUT2D eigenvalue weighted by Gasteiger charge is 2.24. The summed E-state index contributed by atoms with van der Waals surface area (Å²) in [6.45, 7) is 0.521. The minimum Gasteiger partial charge on any atom is -0.382 e. The van der Waals surface area contributed by atoms with E-state index < -0.39 is 0 Å². The van der Waals surface area contributed by atoms with Crippen LogP contribution in [0.4, 0.5) is 5.82 Å². The van der Waals surface area contributed by atoms with Crippen LogP contribution in [0.15, 0.2) is 12.4 Å². The second kappa shape index (κ2) is 4.99. The highest BCUT2D eigenvalue weighted by atomic mass is 16.2. The Morgan fingerprint density at radius 2 is 2.28 bits per heavy atom. The summed E-state index contributed by atoms with van der Waals surface area (Å²) in [4.78, 5) is 32.5. The molecular weight excluding hydrogens is 234 g/mol. The van der Waals surface area contributed by atoms with E-state index in [-0.39, 0.29) is 29.4 Å². The van der Waals surface area contributed by atoms with Crippen LogP contribution in [0.25, 0.3) is 0 Å². The summed E-state index contributed by atoms with van der Waals surface area (Å²) in [5.74, 6) is 0.0811. The van der Waals surface area contributed by atoms with E-state index in [9.17, 15) is 9.59 Å². The molecule has 96 valence electrons. The summed E-state index contributed by atoms with van der Waals surface area (Å²) in [6, 6.07) is -0.0421. The van der Waals surface area contributed by atoms with Gasteiger partial charge in [0, 0.05) is 26.1 Å². The molecule has 18 heavy (non-hydrogen) atoms. The first-order chi connectivity index (χ1) is 8.56. The third-order valence-corrected chi connectivity index (χ3v) is 2.87. The Morgan fingerprint density at radius 3 is 2.89 bits per heavy atom. The smallest absolute Gasteiger partial charge is 0.271 e. The largest absolute Gasteiger partial charge is 0.382 e. The Labute approximate surface area is 104 Å². The van der Waals surface area contributed by atoms with Gasteiger partial charge in [0.1, 0.15) is 11.5 Å². The number of aromatic nitrogens is 2. The number of rotatable bonds is 2. The molecule has 0 aromatic carbocycles. The number of anilines is 1. The normalized spacial score (nSPS) is 19.7. The minimum absolute atomic E-state index is 0.0421. The van der Waals surface area contributed by atoms with Gasteiger partial charge in [0.15, 0.2) is 0 Å². The van der Waals surface area contributed by atoms with E-state index in [4.69, 9.17) is 5.73 Å². The fourth-order valence-corrected chi connectivity index (χ4v) is 1.84. The van der Waals surface area contributed by atoms with Crippen molar-refractivity contribution in [1.29, 1.82) is 0 Å². The fraction of sp³-hybridized carbons (Fsp3) is 0.455. The number of carbonyl (C=O) groups excluding carboxylic acids is 2. The molecule has 3 N–H and O–H groups in total. The van der Waals surface area contributed by atoms with Crippen LogP contribution in [-0.2, 0) is 4.79 Å². The lowest BCUT2D eigenvalue weighted by Gasteiger charge is -2.29. The van der Waals surface area contributed by atoms with E-state index in [1.807, 2.05) is 0 Å². The van der Waals surface area contributed by atoms with Gasteiger partial charge >= 0.3 is 0 Å². The molecule has 0 saturated carbocycles. The first kappa shape index (κ1) is 12.3. The van der Waals surface area contributed by atoms with Gasteiger partial charge in [0.25, 0.3) is 5.91 Å². The van der Waals surface area contributed by atoms with Crippen LogP contribution in [0.3, 0.4) is 0 Å². The molecule has 1 saturated heterocycles. The van der Waals surface area contributed by atoms with Crippen LogP contribution in [0, 0.1) is 0 Å². The van der Waals surface area contributed by atoms with Gasteiger partial charge in [-0.2, -0.15) is 0 Å². The van der Waals surface area contributed by atoms with Crippen molar-refractivity contribution in [2.75, 3.05) is 19.3 Å². The number of likely N-dealkylation sites (N-methyl/N-ethyl adjacent to an activating group) is 1. The Morgan fingerprint density at radius 1 is 1.50 bits per heavy atom. The van der Waals surface area contributed by atoms with E-state index in [0.29, 0.717) is 19.4 Å². The topological polar surface area (TPSA) is 101 Å². The molecule has 1 aromatic rings. The van der Waals surface area contributed by atoms with Crippen molar-refractivity contribution >= 4 is 17.6 Å². The summed E-state index contributed by atoms with van der Waals surface area (Å²) in [6.07, 6.45) is 3.78. The second-order valence-corrected chi connectivity index (χ2v) is 4.31. The van der Waals surface area contributed by atoms with E-state index in [1.165, 1.54) is 12.4 Å². The minimum atomic E-state index is -0.296. The number of nitrogen functional groups attached to an aromatic ring is 1. The fourth-order valence-electron chi connectivity index (χ4n) is 1.84. The molecule has 1 atom stereocenters. The highest BCUT2D eigenvalue weighted by molar-refractivity contribution is 5.92. The van der Waals surface area contributed by atoms with Gasteiger partial charge in [-0.15, -0.1) is 0 Å². The number of piperidine rings is 1. The van der Waals surface area contributed by atoms with Crippen LogP contribution in [0.5, 0.6) is 0 Å².